The molecule has 1 fully saturated rings. The second-order valence-electron chi connectivity index (χ2n) is 6.60. The molecule has 1 aliphatic rings. The Kier molecular flexibility index (Phi) is 4.27. The second kappa shape index (κ2) is 5.81. The van der Waals surface area contributed by atoms with E-state index in [1.165, 1.54) is 0 Å². The molecule has 0 radical (unpaired) electrons. The SMILES string of the molecule is C#CC1(c2ccccc2)CCCN(C(=O)OC(C)(C)C)C1. The van der Waals surface area contributed by atoms with Crippen LogP contribution < -0.4 is 0 Å². The van der Waals surface area contributed by atoms with Gasteiger partial charge in [0.1, 0.15) is 5.60 Å². The van der Waals surface area contributed by atoms with Crippen LogP contribution in [0.25, 0.3) is 0 Å². The minimum Gasteiger partial charge on any atom is -0.444 e. The van der Waals surface area contributed by atoms with E-state index in [9.17, 15) is 4.79 Å². The van der Waals surface area contributed by atoms with E-state index in [0.29, 0.717) is 13.1 Å². The first-order valence-corrected chi connectivity index (χ1v) is 7.37. The van der Waals surface area contributed by atoms with Gasteiger partial charge in [0, 0.05) is 13.1 Å². The first-order chi connectivity index (χ1) is 9.86. The predicted molar refractivity (Wildman–Crippen MR) is 84.0 cm³/mol. The summed E-state index contributed by atoms with van der Waals surface area (Å²) in [5, 5.41) is 0. The van der Waals surface area contributed by atoms with Gasteiger partial charge in [0.15, 0.2) is 0 Å². The normalized spacial score (nSPS) is 22.5. The van der Waals surface area contributed by atoms with Gasteiger partial charge in [0.05, 0.1) is 5.41 Å². The predicted octanol–water partition coefficient (Wildman–Crippen LogP) is 3.59. The maximum Gasteiger partial charge on any atom is 0.410 e. The summed E-state index contributed by atoms with van der Waals surface area (Å²) >= 11 is 0. The van der Waals surface area contributed by atoms with Crippen molar-refractivity contribution in [3.05, 3.63) is 35.9 Å². The summed E-state index contributed by atoms with van der Waals surface area (Å²) in [6.45, 7) is 6.84. The largest absolute Gasteiger partial charge is 0.444 e. The third-order valence-corrected chi connectivity index (χ3v) is 3.75. The Bertz CT molecular complexity index is 539. The standard InChI is InChI=1S/C18H23NO2/c1-5-18(15-10-7-6-8-11-15)12-9-13-19(14-18)16(20)21-17(2,3)4/h1,6-8,10-11H,9,12-14H2,2-4H3. The highest BCUT2D eigenvalue weighted by Gasteiger charge is 2.38. The fourth-order valence-corrected chi connectivity index (χ4v) is 2.73. The number of benzene rings is 1. The average Bonchev–Trinajstić information content (AvgIpc) is 2.46. The molecule has 1 atom stereocenters. The average molecular weight is 285 g/mol. The molecule has 3 nitrogen and oxygen atoms in total. The number of piperidine rings is 1. The summed E-state index contributed by atoms with van der Waals surface area (Å²) < 4.78 is 5.47. The highest BCUT2D eigenvalue weighted by molar-refractivity contribution is 5.68. The van der Waals surface area contributed by atoms with E-state index in [-0.39, 0.29) is 6.09 Å². The lowest BCUT2D eigenvalue weighted by Crippen LogP contribution is -2.49. The molecule has 1 amide bonds. The van der Waals surface area contributed by atoms with Crippen LogP contribution in [-0.2, 0) is 10.2 Å². The summed E-state index contributed by atoms with van der Waals surface area (Å²) in [7, 11) is 0. The van der Waals surface area contributed by atoms with Crippen LogP contribution in [0.2, 0.25) is 0 Å². The maximum atomic E-state index is 12.3. The maximum absolute atomic E-state index is 12.3. The van der Waals surface area contributed by atoms with Gasteiger partial charge in [-0.1, -0.05) is 36.3 Å². The fraction of sp³-hybridized carbons (Fsp3) is 0.500. The van der Waals surface area contributed by atoms with Crippen LogP contribution in [0.5, 0.6) is 0 Å². The van der Waals surface area contributed by atoms with Crippen LogP contribution in [0, 0.1) is 12.3 Å². The number of likely N-dealkylation sites (tertiary alicyclic amines) is 1. The Balaban J connectivity index is 2.20. The van der Waals surface area contributed by atoms with Gasteiger partial charge in [-0.3, -0.25) is 0 Å². The Hall–Kier alpha value is -1.95. The summed E-state index contributed by atoms with van der Waals surface area (Å²) in [6.07, 6.45) is 7.33. The van der Waals surface area contributed by atoms with Crippen molar-refractivity contribution in [2.75, 3.05) is 13.1 Å². The molecule has 1 saturated heterocycles. The molecule has 1 aromatic carbocycles. The van der Waals surface area contributed by atoms with Gasteiger partial charge in [-0.15, -0.1) is 6.42 Å². The number of nitrogens with zero attached hydrogens (tertiary/aromatic N) is 1. The molecule has 1 aliphatic heterocycles. The van der Waals surface area contributed by atoms with Crippen molar-refractivity contribution >= 4 is 6.09 Å². The number of hydrogen-bond acceptors (Lipinski definition) is 2. The fourth-order valence-electron chi connectivity index (χ4n) is 2.73. The molecule has 0 aromatic heterocycles. The second-order valence-corrected chi connectivity index (χ2v) is 6.60. The van der Waals surface area contributed by atoms with Crippen molar-refractivity contribution < 1.29 is 9.53 Å². The molecule has 112 valence electrons. The zero-order valence-corrected chi connectivity index (χ0v) is 13.1. The number of ether oxygens (including phenoxy) is 1. The van der Waals surface area contributed by atoms with E-state index in [1.54, 1.807) is 4.90 Å². The summed E-state index contributed by atoms with van der Waals surface area (Å²) in [5.41, 5.74) is 0.206. The van der Waals surface area contributed by atoms with Gasteiger partial charge in [-0.25, -0.2) is 4.79 Å². The van der Waals surface area contributed by atoms with Crippen molar-refractivity contribution in [1.82, 2.24) is 4.90 Å². The van der Waals surface area contributed by atoms with Gasteiger partial charge in [-0.05, 0) is 39.2 Å². The van der Waals surface area contributed by atoms with Gasteiger partial charge >= 0.3 is 6.09 Å². The van der Waals surface area contributed by atoms with E-state index >= 15 is 0 Å². The Morgan fingerprint density at radius 3 is 2.57 bits per heavy atom. The van der Waals surface area contributed by atoms with E-state index in [2.05, 4.69) is 5.92 Å². The molecule has 0 bridgehead atoms. The molecule has 1 unspecified atom stereocenters. The van der Waals surface area contributed by atoms with E-state index in [1.807, 2.05) is 51.1 Å². The van der Waals surface area contributed by atoms with Crippen LogP contribution in [0.15, 0.2) is 30.3 Å². The van der Waals surface area contributed by atoms with E-state index < -0.39 is 11.0 Å². The lowest BCUT2D eigenvalue weighted by atomic mass is 9.75. The topological polar surface area (TPSA) is 29.5 Å². The minimum atomic E-state index is -0.486. The zero-order valence-electron chi connectivity index (χ0n) is 13.1. The number of terminal acetylenes is 1. The molecule has 2 rings (SSSR count). The molecular formula is C18H23NO2. The molecule has 3 heteroatoms. The number of rotatable bonds is 1. The monoisotopic (exact) mass is 285 g/mol. The number of hydrogen-bond donors (Lipinski definition) is 0. The summed E-state index contributed by atoms with van der Waals surface area (Å²) in [5.74, 6) is 2.93. The molecule has 21 heavy (non-hydrogen) atoms. The molecule has 0 spiro atoms. The van der Waals surface area contributed by atoms with Crippen LogP contribution in [-0.4, -0.2) is 29.7 Å². The lowest BCUT2D eigenvalue weighted by molar-refractivity contribution is 0.0168. The lowest BCUT2D eigenvalue weighted by Gasteiger charge is -2.40. The molecular weight excluding hydrogens is 262 g/mol. The van der Waals surface area contributed by atoms with Crippen LogP contribution >= 0.6 is 0 Å². The highest BCUT2D eigenvalue weighted by Crippen LogP contribution is 2.34. The van der Waals surface area contributed by atoms with Crippen molar-refractivity contribution in [3.63, 3.8) is 0 Å². The number of carbonyl (C=O) groups is 1. The molecule has 0 N–H and O–H groups in total. The molecule has 0 saturated carbocycles. The van der Waals surface area contributed by atoms with Crippen molar-refractivity contribution in [3.8, 4) is 12.3 Å². The smallest absolute Gasteiger partial charge is 0.410 e. The van der Waals surface area contributed by atoms with Crippen molar-refractivity contribution in [2.24, 2.45) is 0 Å². The molecule has 0 aliphatic carbocycles. The Morgan fingerprint density at radius 1 is 1.33 bits per heavy atom. The summed E-state index contributed by atoms with van der Waals surface area (Å²) in [6, 6.07) is 10.0. The van der Waals surface area contributed by atoms with Gasteiger partial charge in [0.2, 0.25) is 0 Å². The van der Waals surface area contributed by atoms with Gasteiger partial charge in [0.25, 0.3) is 0 Å². The van der Waals surface area contributed by atoms with Crippen LogP contribution in [0.4, 0.5) is 4.79 Å². The quantitative estimate of drug-likeness (QED) is 0.738. The number of carbonyl (C=O) groups excluding carboxylic acids is 1. The zero-order chi connectivity index (χ0) is 15.5. The van der Waals surface area contributed by atoms with E-state index in [4.69, 9.17) is 11.2 Å². The van der Waals surface area contributed by atoms with Crippen molar-refractivity contribution in [1.29, 1.82) is 0 Å². The van der Waals surface area contributed by atoms with Crippen molar-refractivity contribution in [2.45, 2.75) is 44.6 Å². The molecule has 1 aromatic rings. The van der Waals surface area contributed by atoms with Gasteiger partial charge < -0.3 is 9.64 Å². The first-order valence-electron chi connectivity index (χ1n) is 7.37. The van der Waals surface area contributed by atoms with E-state index in [0.717, 1.165) is 18.4 Å². The summed E-state index contributed by atoms with van der Waals surface area (Å²) in [4.78, 5) is 14.0. The minimum absolute atomic E-state index is 0.280. The molecule has 1 heterocycles. The van der Waals surface area contributed by atoms with Crippen LogP contribution in [0.3, 0.4) is 0 Å². The van der Waals surface area contributed by atoms with Gasteiger partial charge in [-0.2, -0.15) is 0 Å². The third-order valence-electron chi connectivity index (χ3n) is 3.75. The third kappa shape index (κ3) is 3.58. The van der Waals surface area contributed by atoms with Crippen LogP contribution in [0.1, 0.15) is 39.2 Å². The first kappa shape index (κ1) is 15.4. The Morgan fingerprint density at radius 2 is 2.00 bits per heavy atom. The Labute approximate surface area is 127 Å². The highest BCUT2D eigenvalue weighted by atomic mass is 16.6. The number of amides is 1.